The number of carbonyl (C=O) groups excluding carboxylic acids is 2. The molecule has 6 nitrogen and oxygen atoms in total. The summed E-state index contributed by atoms with van der Waals surface area (Å²) in [5.41, 5.74) is -0.897. The molecular weight excluding hydrogens is 268 g/mol. The van der Waals surface area contributed by atoms with Crippen LogP contribution in [0.4, 0.5) is 0 Å². The van der Waals surface area contributed by atoms with Gasteiger partial charge in [-0.3, -0.25) is 9.59 Å². The fourth-order valence-electron chi connectivity index (χ4n) is 1.67. The van der Waals surface area contributed by atoms with Crippen LogP contribution in [-0.4, -0.2) is 43.0 Å². The second-order valence-corrected chi connectivity index (χ2v) is 6.43. The van der Waals surface area contributed by atoms with E-state index in [4.69, 9.17) is 0 Å². The molecule has 2 amide bonds. The van der Waals surface area contributed by atoms with Crippen LogP contribution in [0.15, 0.2) is 0 Å². The molecule has 0 rings (SSSR count). The number of likely N-dealkylation sites (N-methyl/N-ethyl adjacent to an activating group) is 1. The molecule has 0 radical (unpaired) electrons. The van der Waals surface area contributed by atoms with E-state index in [1.807, 2.05) is 27.7 Å². The standard InChI is InChI=1S/C15H28N4O2/c1-10(2)15(6,9-16)18-14(21)12(5)19(7)8-13(20)17-11(3)4/h10-12H,8H2,1-7H3,(H,17,20)(H,18,21)/p+1/t12-,15-/m1/s1. The van der Waals surface area contributed by atoms with Crippen molar-refractivity contribution in [3.63, 3.8) is 0 Å². The number of nitrogens with zero attached hydrogens (tertiary/aromatic N) is 1. The zero-order chi connectivity index (χ0) is 16.8. The van der Waals surface area contributed by atoms with E-state index in [1.54, 1.807) is 20.9 Å². The van der Waals surface area contributed by atoms with Gasteiger partial charge >= 0.3 is 0 Å². The number of amides is 2. The summed E-state index contributed by atoms with van der Waals surface area (Å²) >= 11 is 0. The first-order valence-electron chi connectivity index (χ1n) is 7.38. The Hall–Kier alpha value is -1.61. The Morgan fingerprint density at radius 3 is 2.14 bits per heavy atom. The molecule has 0 aromatic heterocycles. The number of hydrogen-bond acceptors (Lipinski definition) is 3. The molecule has 120 valence electrons. The van der Waals surface area contributed by atoms with Gasteiger partial charge in [-0.2, -0.15) is 5.26 Å². The second-order valence-electron chi connectivity index (χ2n) is 6.43. The van der Waals surface area contributed by atoms with Crippen LogP contribution >= 0.6 is 0 Å². The Labute approximate surface area is 127 Å². The first kappa shape index (κ1) is 19.4. The topological polar surface area (TPSA) is 86.4 Å². The molecule has 0 aromatic carbocycles. The molecule has 0 fully saturated rings. The molecule has 0 aliphatic rings. The van der Waals surface area contributed by atoms with Crippen LogP contribution in [0.3, 0.4) is 0 Å². The van der Waals surface area contributed by atoms with Crippen molar-refractivity contribution in [1.82, 2.24) is 10.6 Å². The number of quaternary nitrogens is 1. The molecule has 3 N–H and O–H groups in total. The molecule has 6 heteroatoms. The van der Waals surface area contributed by atoms with Crippen LogP contribution in [0.1, 0.15) is 41.5 Å². The Bertz CT molecular complexity index is 414. The Morgan fingerprint density at radius 1 is 1.24 bits per heavy atom. The summed E-state index contributed by atoms with van der Waals surface area (Å²) in [6.45, 7) is 11.3. The molecule has 21 heavy (non-hydrogen) atoms. The normalized spacial score (nSPS) is 16.8. The average molecular weight is 297 g/mol. The molecule has 0 saturated heterocycles. The fraction of sp³-hybridized carbons (Fsp3) is 0.800. The molecule has 3 atom stereocenters. The van der Waals surface area contributed by atoms with Gasteiger partial charge in [0.2, 0.25) is 0 Å². The van der Waals surface area contributed by atoms with Crippen molar-refractivity contribution in [2.45, 2.75) is 59.2 Å². The van der Waals surface area contributed by atoms with Crippen molar-refractivity contribution in [2.75, 3.05) is 13.6 Å². The zero-order valence-electron chi connectivity index (χ0n) is 14.2. The maximum Gasteiger partial charge on any atom is 0.279 e. The lowest BCUT2D eigenvalue weighted by Gasteiger charge is -2.30. The number of nitrogens with one attached hydrogen (secondary N) is 3. The van der Waals surface area contributed by atoms with Gasteiger partial charge in [0, 0.05) is 6.04 Å². The van der Waals surface area contributed by atoms with Gasteiger partial charge in [0.1, 0.15) is 5.54 Å². The predicted octanol–water partition coefficient (Wildman–Crippen LogP) is -0.531. The lowest BCUT2D eigenvalue weighted by Crippen LogP contribution is -3.15. The molecule has 0 aromatic rings. The van der Waals surface area contributed by atoms with Crippen molar-refractivity contribution in [3.05, 3.63) is 0 Å². The number of hydrogen-bond donors (Lipinski definition) is 3. The van der Waals surface area contributed by atoms with Gasteiger partial charge in [-0.25, -0.2) is 0 Å². The molecule has 0 saturated carbocycles. The van der Waals surface area contributed by atoms with E-state index < -0.39 is 11.6 Å². The van der Waals surface area contributed by atoms with Crippen LogP contribution < -0.4 is 15.5 Å². The van der Waals surface area contributed by atoms with Gasteiger partial charge in [-0.1, -0.05) is 13.8 Å². The third kappa shape index (κ3) is 6.13. The lowest BCUT2D eigenvalue weighted by molar-refractivity contribution is -0.886. The van der Waals surface area contributed by atoms with Crippen LogP contribution in [-0.2, 0) is 9.59 Å². The highest BCUT2D eigenvalue weighted by Gasteiger charge is 2.34. The molecule has 1 unspecified atom stereocenters. The van der Waals surface area contributed by atoms with Gasteiger partial charge in [0.25, 0.3) is 11.8 Å². The van der Waals surface area contributed by atoms with Gasteiger partial charge in [0.15, 0.2) is 12.6 Å². The van der Waals surface area contributed by atoms with Gasteiger partial charge in [0.05, 0.1) is 13.1 Å². The highest BCUT2D eigenvalue weighted by Crippen LogP contribution is 2.14. The maximum absolute atomic E-state index is 12.3. The summed E-state index contributed by atoms with van der Waals surface area (Å²) in [6.07, 6.45) is 0. The largest absolute Gasteiger partial charge is 0.349 e. The first-order valence-corrected chi connectivity index (χ1v) is 7.38. The number of carbonyl (C=O) groups is 2. The van der Waals surface area contributed by atoms with E-state index in [0.717, 1.165) is 4.90 Å². The van der Waals surface area contributed by atoms with Gasteiger partial charge in [-0.15, -0.1) is 0 Å². The Kier molecular flexibility index (Phi) is 7.37. The predicted molar refractivity (Wildman–Crippen MR) is 81.5 cm³/mol. The summed E-state index contributed by atoms with van der Waals surface area (Å²) in [7, 11) is 1.79. The molecule has 0 aliphatic heterocycles. The van der Waals surface area contributed by atoms with E-state index in [0.29, 0.717) is 0 Å². The lowest BCUT2D eigenvalue weighted by atomic mass is 9.90. The molecule has 0 spiro atoms. The van der Waals surface area contributed by atoms with Crippen molar-refractivity contribution >= 4 is 11.8 Å². The summed E-state index contributed by atoms with van der Waals surface area (Å²) in [5, 5.41) is 14.8. The highest BCUT2D eigenvalue weighted by atomic mass is 16.2. The third-order valence-corrected chi connectivity index (χ3v) is 3.79. The Morgan fingerprint density at radius 2 is 1.76 bits per heavy atom. The minimum absolute atomic E-state index is 0.00296. The van der Waals surface area contributed by atoms with Crippen LogP contribution in [0.25, 0.3) is 0 Å². The minimum atomic E-state index is -0.897. The van der Waals surface area contributed by atoms with Gasteiger partial charge in [-0.05, 0) is 33.6 Å². The van der Waals surface area contributed by atoms with Crippen LogP contribution in [0, 0.1) is 17.2 Å². The molecule has 0 aliphatic carbocycles. The highest BCUT2D eigenvalue weighted by molar-refractivity contribution is 5.82. The third-order valence-electron chi connectivity index (χ3n) is 3.79. The second kappa shape index (κ2) is 7.99. The summed E-state index contributed by atoms with van der Waals surface area (Å²) < 4.78 is 0. The SMILES string of the molecule is CC(C)NC(=O)C[NH+](C)[C@H](C)C(=O)N[C@](C)(C#N)C(C)C. The average Bonchev–Trinajstić information content (AvgIpc) is 2.35. The maximum atomic E-state index is 12.3. The van der Waals surface area contributed by atoms with Crippen molar-refractivity contribution in [1.29, 1.82) is 5.26 Å². The van der Waals surface area contributed by atoms with Gasteiger partial charge < -0.3 is 15.5 Å². The fourth-order valence-corrected chi connectivity index (χ4v) is 1.67. The van der Waals surface area contributed by atoms with E-state index in [-0.39, 0.29) is 30.3 Å². The zero-order valence-corrected chi connectivity index (χ0v) is 14.2. The number of nitriles is 1. The molecular formula is C15H29N4O2+. The minimum Gasteiger partial charge on any atom is -0.349 e. The van der Waals surface area contributed by atoms with E-state index in [2.05, 4.69) is 16.7 Å². The van der Waals surface area contributed by atoms with Crippen LogP contribution in [0.5, 0.6) is 0 Å². The smallest absolute Gasteiger partial charge is 0.279 e. The first-order chi connectivity index (χ1) is 9.53. The number of rotatable bonds is 7. The summed E-state index contributed by atoms with van der Waals surface area (Å²) in [4.78, 5) is 24.8. The van der Waals surface area contributed by atoms with E-state index in [1.165, 1.54) is 0 Å². The summed E-state index contributed by atoms with van der Waals surface area (Å²) in [5.74, 6) is -0.306. The quantitative estimate of drug-likeness (QED) is 0.590. The van der Waals surface area contributed by atoms with Crippen LogP contribution in [0.2, 0.25) is 0 Å². The molecule has 0 bridgehead atoms. The van der Waals surface area contributed by atoms with Crippen molar-refractivity contribution in [3.8, 4) is 6.07 Å². The Balaban J connectivity index is 4.64. The van der Waals surface area contributed by atoms with Crippen molar-refractivity contribution < 1.29 is 14.5 Å². The molecule has 0 heterocycles. The van der Waals surface area contributed by atoms with Crippen molar-refractivity contribution in [2.24, 2.45) is 5.92 Å². The van der Waals surface area contributed by atoms with E-state index >= 15 is 0 Å². The monoisotopic (exact) mass is 297 g/mol. The van der Waals surface area contributed by atoms with E-state index in [9.17, 15) is 14.9 Å². The summed E-state index contributed by atoms with van der Waals surface area (Å²) in [6, 6.07) is 1.82.